The molecule has 0 radical (unpaired) electrons. The van der Waals surface area contributed by atoms with Gasteiger partial charge in [0.05, 0.1) is 28.6 Å². The van der Waals surface area contributed by atoms with Crippen molar-refractivity contribution in [1.29, 1.82) is 0 Å². The molecule has 28 heavy (non-hydrogen) atoms. The molecule has 0 aromatic heterocycles. The molecule has 9 heteroatoms. The lowest BCUT2D eigenvalue weighted by Gasteiger charge is -2.13. The molecule has 1 saturated heterocycles. The summed E-state index contributed by atoms with van der Waals surface area (Å²) in [6, 6.07) is 10.8. The number of nitrogens with zero attached hydrogens (tertiary/aromatic N) is 2. The van der Waals surface area contributed by atoms with Gasteiger partial charge in [-0.15, -0.1) is 0 Å². The Bertz CT molecular complexity index is 921. The van der Waals surface area contributed by atoms with E-state index in [1.54, 1.807) is 30.5 Å². The maximum Gasteiger partial charge on any atom is 0.259 e. The summed E-state index contributed by atoms with van der Waals surface area (Å²) in [4.78, 5) is 11.7. The molecule has 2 aromatic rings. The fraction of sp³-hybridized carbons (Fsp3) is 0.211. The number of hydrazone groups is 1. The third kappa shape index (κ3) is 5.17. The fourth-order valence-corrected chi connectivity index (χ4v) is 3.65. The molecule has 0 saturated carbocycles. The molecule has 1 fully saturated rings. The van der Waals surface area contributed by atoms with Crippen LogP contribution in [-0.2, 0) is 11.4 Å². The number of halogens is 2. The van der Waals surface area contributed by atoms with Gasteiger partial charge in [-0.25, -0.2) is 0 Å². The zero-order valence-electron chi connectivity index (χ0n) is 14.9. The lowest BCUT2D eigenvalue weighted by molar-refractivity contribution is -0.123. The maximum absolute atomic E-state index is 11.7. The molecule has 1 aliphatic rings. The largest absolute Gasteiger partial charge is 0.490 e. The average Bonchev–Trinajstić information content (AvgIpc) is 3.00. The van der Waals surface area contributed by atoms with Gasteiger partial charge in [-0.05, 0) is 48.4 Å². The van der Waals surface area contributed by atoms with Gasteiger partial charge in [0.1, 0.15) is 6.61 Å². The Morgan fingerprint density at radius 1 is 1.18 bits per heavy atom. The van der Waals surface area contributed by atoms with Crippen LogP contribution in [0.1, 0.15) is 18.1 Å². The first kappa shape index (κ1) is 20.9. The van der Waals surface area contributed by atoms with E-state index in [2.05, 4.69) is 5.10 Å². The van der Waals surface area contributed by atoms with Gasteiger partial charge in [-0.1, -0.05) is 53.2 Å². The van der Waals surface area contributed by atoms with E-state index in [1.807, 2.05) is 19.1 Å². The van der Waals surface area contributed by atoms with Crippen molar-refractivity contribution >= 4 is 63.6 Å². The zero-order chi connectivity index (χ0) is 20.1. The second-order valence-corrected chi connectivity index (χ2v) is 8.10. The minimum Gasteiger partial charge on any atom is -0.490 e. The third-order valence-corrected chi connectivity index (χ3v) is 5.77. The number of amides is 1. The average molecular weight is 455 g/mol. The van der Waals surface area contributed by atoms with Gasteiger partial charge in [0.25, 0.3) is 5.91 Å². The molecule has 1 amide bonds. The van der Waals surface area contributed by atoms with E-state index in [9.17, 15) is 4.79 Å². The highest BCUT2D eigenvalue weighted by atomic mass is 35.5. The van der Waals surface area contributed by atoms with Crippen molar-refractivity contribution in [3.05, 3.63) is 57.6 Å². The Hall–Kier alpha value is -1.80. The van der Waals surface area contributed by atoms with E-state index < -0.39 is 0 Å². The highest BCUT2D eigenvalue weighted by molar-refractivity contribution is 8.23. The van der Waals surface area contributed by atoms with Crippen molar-refractivity contribution in [3.63, 3.8) is 0 Å². The summed E-state index contributed by atoms with van der Waals surface area (Å²) in [6.45, 7) is 2.69. The summed E-state index contributed by atoms with van der Waals surface area (Å²) in [5.74, 6) is 1.37. The number of hydrogen-bond donors (Lipinski definition) is 0. The Morgan fingerprint density at radius 3 is 2.68 bits per heavy atom. The number of thiocarbonyl (C=S) groups is 1. The second kappa shape index (κ2) is 9.60. The van der Waals surface area contributed by atoms with Gasteiger partial charge in [0.2, 0.25) is 0 Å². The monoisotopic (exact) mass is 454 g/mol. The van der Waals surface area contributed by atoms with Crippen LogP contribution in [0.15, 0.2) is 41.5 Å². The molecule has 1 heterocycles. The van der Waals surface area contributed by atoms with Gasteiger partial charge in [0.15, 0.2) is 15.8 Å². The minimum atomic E-state index is -0.127. The Labute approximate surface area is 182 Å². The van der Waals surface area contributed by atoms with Crippen LogP contribution in [0.3, 0.4) is 0 Å². The number of carbonyl (C=O) groups is 1. The van der Waals surface area contributed by atoms with Gasteiger partial charge in [0, 0.05) is 0 Å². The van der Waals surface area contributed by atoms with E-state index in [1.165, 1.54) is 16.8 Å². The predicted molar refractivity (Wildman–Crippen MR) is 118 cm³/mol. The van der Waals surface area contributed by atoms with E-state index in [0.29, 0.717) is 44.8 Å². The molecule has 3 rings (SSSR count). The van der Waals surface area contributed by atoms with E-state index in [-0.39, 0.29) is 5.91 Å². The standard InChI is InChI=1S/C19H16Cl2N2O3S2/c1-2-25-17-8-12(9-22-23-18(24)11-28-19(23)27)4-6-16(17)26-10-13-3-5-14(20)15(21)7-13/h3-9H,2,10-11H2,1H3/b22-9+. The highest BCUT2D eigenvalue weighted by Gasteiger charge is 2.25. The smallest absolute Gasteiger partial charge is 0.259 e. The quantitative estimate of drug-likeness (QED) is 0.426. The first-order valence-electron chi connectivity index (χ1n) is 8.35. The van der Waals surface area contributed by atoms with E-state index >= 15 is 0 Å². The van der Waals surface area contributed by atoms with Crippen LogP contribution in [0.2, 0.25) is 10.0 Å². The van der Waals surface area contributed by atoms with Crippen LogP contribution in [0, 0.1) is 0 Å². The number of thioether (sulfide) groups is 1. The van der Waals surface area contributed by atoms with Crippen molar-refractivity contribution in [1.82, 2.24) is 5.01 Å². The highest BCUT2D eigenvalue weighted by Crippen LogP contribution is 2.30. The van der Waals surface area contributed by atoms with Gasteiger partial charge >= 0.3 is 0 Å². The first-order chi connectivity index (χ1) is 13.5. The number of benzene rings is 2. The summed E-state index contributed by atoms with van der Waals surface area (Å²) in [5.41, 5.74) is 1.65. The fourth-order valence-electron chi connectivity index (χ4n) is 2.37. The van der Waals surface area contributed by atoms with Crippen molar-refractivity contribution in [2.24, 2.45) is 5.10 Å². The van der Waals surface area contributed by atoms with E-state index in [0.717, 1.165) is 11.1 Å². The molecular weight excluding hydrogens is 439 g/mol. The lowest BCUT2D eigenvalue weighted by Crippen LogP contribution is -2.22. The predicted octanol–water partition coefficient (Wildman–Crippen LogP) is 5.17. The van der Waals surface area contributed by atoms with Crippen LogP contribution in [0.5, 0.6) is 11.5 Å². The van der Waals surface area contributed by atoms with Crippen LogP contribution in [0.4, 0.5) is 0 Å². The molecule has 0 aliphatic carbocycles. The summed E-state index contributed by atoms with van der Waals surface area (Å²) in [5, 5.41) is 6.38. The van der Waals surface area contributed by atoms with Crippen LogP contribution < -0.4 is 9.47 Å². The molecule has 0 spiro atoms. The molecule has 146 valence electrons. The number of carbonyl (C=O) groups excluding carboxylic acids is 1. The first-order valence-corrected chi connectivity index (χ1v) is 10.5. The Kier molecular flexibility index (Phi) is 7.18. The molecule has 0 bridgehead atoms. The number of ether oxygens (including phenoxy) is 2. The molecule has 2 aromatic carbocycles. The van der Waals surface area contributed by atoms with Crippen molar-refractivity contribution < 1.29 is 14.3 Å². The van der Waals surface area contributed by atoms with Crippen LogP contribution in [0.25, 0.3) is 0 Å². The van der Waals surface area contributed by atoms with Crippen LogP contribution >= 0.6 is 47.2 Å². The molecule has 5 nitrogen and oxygen atoms in total. The topological polar surface area (TPSA) is 51.1 Å². The van der Waals surface area contributed by atoms with E-state index in [4.69, 9.17) is 44.9 Å². The number of rotatable bonds is 7. The summed E-state index contributed by atoms with van der Waals surface area (Å²) in [7, 11) is 0. The number of hydrogen-bond acceptors (Lipinski definition) is 6. The summed E-state index contributed by atoms with van der Waals surface area (Å²) in [6.07, 6.45) is 1.57. The second-order valence-electron chi connectivity index (χ2n) is 5.68. The third-order valence-electron chi connectivity index (χ3n) is 3.70. The van der Waals surface area contributed by atoms with Crippen molar-refractivity contribution in [2.45, 2.75) is 13.5 Å². The normalized spacial score (nSPS) is 14.2. The van der Waals surface area contributed by atoms with Crippen molar-refractivity contribution in [2.75, 3.05) is 12.4 Å². The maximum atomic E-state index is 11.7. The Morgan fingerprint density at radius 2 is 2.00 bits per heavy atom. The summed E-state index contributed by atoms with van der Waals surface area (Å²) >= 11 is 18.4. The molecule has 0 unspecified atom stereocenters. The molecule has 0 N–H and O–H groups in total. The van der Waals surface area contributed by atoms with Gasteiger partial charge in [-0.2, -0.15) is 10.1 Å². The minimum absolute atomic E-state index is 0.127. The zero-order valence-corrected chi connectivity index (χ0v) is 18.0. The lowest BCUT2D eigenvalue weighted by atomic mass is 10.2. The Balaban J connectivity index is 1.74. The summed E-state index contributed by atoms with van der Waals surface area (Å²) < 4.78 is 12.0. The van der Waals surface area contributed by atoms with Gasteiger partial charge < -0.3 is 9.47 Å². The SMILES string of the molecule is CCOc1cc(/C=N/N2C(=O)CSC2=S)ccc1OCc1ccc(Cl)c(Cl)c1. The van der Waals surface area contributed by atoms with Crippen molar-refractivity contribution in [3.8, 4) is 11.5 Å². The molecule has 0 atom stereocenters. The molecular formula is C19H16Cl2N2O3S2. The molecule has 1 aliphatic heterocycles. The van der Waals surface area contributed by atoms with Crippen LogP contribution in [-0.4, -0.2) is 33.8 Å². The van der Waals surface area contributed by atoms with Gasteiger partial charge in [-0.3, -0.25) is 4.79 Å².